The summed E-state index contributed by atoms with van der Waals surface area (Å²) in [5, 5.41) is 50.6. The Bertz CT molecular complexity index is 332. The third-order valence-corrected chi connectivity index (χ3v) is 2.81. The van der Waals surface area contributed by atoms with E-state index in [1.54, 1.807) is 0 Å². The van der Waals surface area contributed by atoms with Crippen molar-refractivity contribution in [1.29, 1.82) is 0 Å². The van der Waals surface area contributed by atoms with Crippen molar-refractivity contribution >= 4 is 0 Å². The zero-order valence-corrected chi connectivity index (χ0v) is 9.79. The highest BCUT2D eigenvalue weighted by atomic mass is 16.6. The summed E-state index contributed by atoms with van der Waals surface area (Å²) in [5.74, 6) is -1.72. The van der Waals surface area contributed by atoms with Crippen LogP contribution in [0.15, 0.2) is 5.11 Å². The molecule has 5 N–H and O–H groups in total. The lowest BCUT2D eigenvalue weighted by atomic mass is 9.90. The lowest BCUT2D eigenvalue weighted by Gasteiger charge is -2.43. The van der Waals surface area contributed by atoms with Crippen LogP contribution in [-0.4, -0.2) is 68.4 Å². The van der Waals surface area contributed by atoms with Crippen LogP contribution in [0.1, 0.15) is 13.3 Å². The standard InChI is InChI=1S/C9H17N3O6/c1-9(17)2-4(14)6(11-12-10)8(18-9)7(16)5(15)3-13/h4-8,13-17H,2-3H2,1H3. The molecule has 1 aliphatic heterocycles. The van der Waals surface area contributed by atoms with Gasteiger partial charge in [-0.1, -0.05) is 5.11 Å². The molecule has 1 aliphatic rings. The van der Waals surface area contributed by atoms with E-state index in [1.165, 1.54) is 6.92 Å². The molecule has 1 heterocycles. The number of hydrogen-bond donors (Lipinski definition) is 5. The maximum atomic E-state index is 9.75. The number of nitrogens with zero attached hydrogens (tertiary/aromatic N) is 3. The molecule has 9 nitrogen and oxygen atoms in total. The lowest BCUT2D eigenvalue weighted by Crippen LogP contribution is -2.59. The highest BCUT2D eigenvalue weighted by molar-refractivity contribution is 4.97. The van der Waals surface area contributed by atoms with Crippen molar-refractivity contribution in [2.75, 3.05) is 6.61 Å². The summed E-state index contributed by atoms with van der Waals surface area (Å²) in [7, 11) is 0. The number of aliphatic hydroxyl groups is 5. The minimum Gasteiger partial charge on any atom is -0.394 e. The van der Waals surface area contributed by atoms with Gasteiger partial charge in [0, 0.05) is 11.3 Å². The van der Waals surface area contributed by atoms with Crippen molar-refractivity contribution in [2.24, 2.45) is 5.11 Å². The minimum absolute atomic E-state index is 0.199. The molecule has 104 valence electrons. The van der Waals surface area contributed by atoms with Crippen LogP contribution in [0, 0.1) is 0 Å². The summed E-state index contributed by atoms with van der Waals surface area (Å²) < 4.78 is 5.10. The molecule has 0 aliphatic carbocycles. The first kappa shape index (κ1) is 15.1. The molecule has 0 aromatic heterocycles. The van der Waals surface area contributed by atoms with Crippen molar-refractivity contribution < 1.29 is 30.3 Å². The van der Waals surface area contributed by atoms with Gasteiger partial charge in [0.15, 0.2) is 5.79 Å². The Morgan fingerprint density at radius 2 is 2.17 bits per heavy atom. The highest BCUT2D eigenvalue weighted by Gasteiger charge is 2.47. The molecule has 0 bridgehead atoms. The van der Waals surface area contributed by atoms with E-state index in [0.29, 0.717) is 0 Å². The van der Waals surface area contributed by atoms with Crippen LogP contribution in [0.3, 0.4) is 0 Å². The first-order valence-corrected chi connectivity index (χ1v) is 5.42. The Kier molecular flexibility index (Phi) is 4.88. The first-order valence-electron chi connectivity index (χ1n) is 5.42. The zero-order valence-electron chi connectivity index (χ0n) is 9.79. The fourth-order valence-corrected chi connectivity index (χ4v) is 1.94. The second-order valence-electron chi connectivity index (χ2n) is 4.46. The molecular formula is C9H17N3O6. The van der Waals surface area contributed by atoms with Gasteiger partial charge in [-0.15, -0.1) is 0 Å². The summed E-state index contributed by atoms with van der Waals surface area (Å²) in [6.45, 7) is 0.538. The molecule has 1 saturated heterocycles. The van der Waals surface area contributed by atoms with E-state index >= 15 is 0 Å². The van der Waals surface area contributed by atoms with Gasteiger partial charge in [-0.2, -0.15) is 0 Å². The van der Waals surface area contributed by atoms with Crippen molar-refractivity contribution in [3.8, 4) is 0 Å². The molecule has 0 radical (unpaired) electrons. The topological polar surface area (TPSA) is 159 Å². The second kappa shape index (κ2) is 5.81. The van der Waals surface area contributed by atoms with Crippen LogP contribution >= 0.6 is 0 Å². The van der Waals surface area contributed by atoms with Crippen molar-refractivity contribution in [2.45, 2.75) is 49.6 Å². The number of aliphatic hydroxyl groups excluding tert-OH is 4. The Hall–Kier alpha value is -0.930. The number of azide groups is 1. The van der Waals surface area contributed by atoms with Gasteiger partial charge < -0.3 is 30.3 Å². The SMILES string of the molecule is CC1(O)CC(O)C(N=[N+]=[N-])C(C(O)C(O)CO)O1. The largest absolute Gasteiger partial charge is 0.394 e. The zero-order chi connectivity index (χ0) is 13.9. The molecule has 0 saturated carbocycles. The van der Waals surface area contributed by atoms with Gasteiger partial charge in [-0.3, -0.25) is 0 Å². The molecule has 0 spiro atoms. The molecule has 6 unspecified atom stereocenters. The Labute approximate surface area is 103 Å². The average Bonchev–Trinajstić information content (AvgIpc) is 2.29. The van der Waals surface area contributed by atoms with Crippen LogP contribution in [0.4, 0.5) is 0 Å². The van der Waals surface area contributed by atoms with E-state index < -0.39 is 42.9 Å². The van der Waals surface area contributed by atoms with E-state index in [1.807, 2.05) is 0 Å². The maximum Gasteiger partial charge on any atom is 0.165 e. The normalized spacial score (nSPS) is 39.8. The van der Waals surface area contributed by atoms with Gasteiger partial charge >= 0.3 is 0 Å². The third kappa shape index (κ3) is 3.30. The van der Waals surface area contributed by atoms with Crippen molar-refractivity contribution in [3.63, 3.8) is 0 Å². The Morgan fingerprint density at radius 1 is 1.56 bits per heavy atom. The summed E-state index contributed by atoms with van der Waals surface area (Å²) in [4.78, 5) is 2.52. The van der Waals surface area contributed by atoms with Crippen LogP contribution in [0.2, 0.25) is 0 Å². The van der Waals surface area contributed by atoms with Gasteiger partial charge in [0.1, 0.15) is 18.3 Å². The minimum atomic E-state index is -1.72. The molecule has 0 amide bonds. The molecule has 1 fully saturated rings. The van der Waals surface area contributed by atoms with Crippen LogP contribution in [0.25, 0.3) is 10.4 Å². The number of ether oxygens (including phenoxy) is 1. The average molecular weight is 263 g/mol. The van der Waals surface area contributed by atoms with Crippen molar-refractivity contribution in [1.82, 2.24) is 0 Å². The van der Waals surface area contributed by atoms with E-state index in [4.69, 9.17) is 15.4 Å². The molecule has 18 heavy (non-hydrogen) atoms. The maximum absolute atomic E-state index is 9.75. The highest BCUT2D eigenvalue weighted by Crippen LogP contribution is 2.31. The predicted octanol–water partition coefficient (Wildman–Crippen LogP) is -1.76. The Balaban J connectivity index is 2.96. The quantitative estimate of drug-likeness (QED) is 0.229. The lowest BCUT2D eigenvalue weighted by molar-refractivity contribution is -0.289. The van der Waals surface area contributed by atoms with E-state index in [2.05, 4.69) is 10.0 Å². The van der Waals surface area contributed by atoms with Crippen LogP contribution in [0.5, 0.6) is 0 Å². The van der Waals surface area contributed by atoms with E-state index in [-0.39, 0.29) is 6.42 Å². The number of hydrogen-bond acceptors (Lipinski definition) is 7. The van der Waals surface area contributed by atoms with Crippen LogP contribution in [-0.2, 0) is 4.74 Å². The molecule has 9 heteroatoms. The summed E-state index contributed by atoms with van der Waals surface area (Å²) >= 11 is 0. The summed E-state index contributed by atoms with van der Waals surface area (Å²) in [6.07, 6.45) is -5.88. The molecule has 1 rings (SSSR count). The molecule has 6 atom stereocenters. The summed E-state index contributed by atoms with van der Waals surface area (Å²) in [6, 6.07) is -1.16. The van der Waals surface area contributed by atoms with E-state index in [0.717, 1.165) is 0 Å². The fraction of sp³-hybridized carbons (Fsp3) is 1.00. The Morgan fingerprint density at radius 3 is 2.67 bits per heavy atom. The van der Waals surface area contributed by atoms with Gasteiger partial charge in [0.05, 0.1) is 18.8 Å². The molecular weight excluding hydrogens is 246 g/mol. The van der Waals surface area contributed by atoms with Gasteiger partial charge in [0.25, 0.3) is 0 Å². The number of rotatable bonds is 4. The van der Waals surface area contributed by atoms with Gasteiger partial charge in [-0.25, -0.2) is 0 Å². The van der Waals surface area contributed by atoms with Gasteiger partial charge in [0.2, 0.25) is 0 Å². The van der Waals surface area contributed by atoms with Crippen molar-refractivity contribution in [3.05, 3.63) is 10.4 Å². The van der Waals surface area contributed by atoms with Crippen LogP contribution < -0.4 is 0 Å². The van der Waals surface area contributed by atoms with Gasteiger partial charge in [-0.05, 0) is 12.5 Å². The fourth-order valence-electron chi connectivity index (χ4n) is 1.94. The molecule has 0 aromatic rings. The second-order valence-corrected chi connectivity index (χ2v) is 4.46. The first-order chi connectivity index (χ1) is 8.32. The smallest absolute Gasteiger partial charge is 0.165 e. The third-order valence-electron chi connectivity index (χ3n) is 2.81. The molecule has 0 aromatic carbocycles. The monoisotopic (exact) mass is 263 g/mol. The summed E-state index contributed by atoms with van der Waals surface area (Å²) in [5.41, 5.74) is 8.40. The van der Waals surface area contributed by atoms with E-state index in [9.17, 15) is 20.4 Å². The predicted molar refractivity (Wildman–Crippen MR) is 58.2 cm³/mol.